The number of aromatic amines is 1. The molecule has 0 saturated carbocycles. The molecule has 1 heterocycles. The Labute approximate surface area is 122 Å². The minimum absolute atomic E-state index is 0.0606. The van der Waals surface area contributed by atoms with Crippen LogP contribution in [0.15, 0.2) is 24.5 Å². The number of aromatic carboxylic acids is 1. The van der Waals surface area contributed by atoms with E-state index >= 15 is 0 Å². The summed E-state index contributed by atoms with van der Waals surface area (Å²) in [5.41, 5.74) is 1.50. The number of rotatable bonds is 5. The smallest absolute Gasteiger partial charge is 0.336 e. The third-order valence-electron chi connectivity index (χ3n) is 3.27. The van der Waals surface area contributed by atoms with E-state index in [-0.39, 0.29) is 17.0 Å². The van der Waals surface area contributed by atoms with E-state index in [4.69, 9.17) is 0 Å². The molecular weight excluding hydrogens is 270 g/mol. The van der Waals surface area contributed by atoms with Crippen molar-refractivity contribution in [2.24, 2.45) is 0 Å². The second-order valence-corrected chi connectivity index (χ2v) is 4.80. The molecule has 0 bridgehead atoms. The molecule has 6 nitrogen and oxygen atoms in total. The first kappa shape index (κ1) is 14.8. The van der Waals surface area contributed by atoms with Gasteiger partial charge in [0.05, 0.1) is 11.1 Å². The van der Waals surface area contributed by atoms with Crippen LogP contribution >= 0.6 is 0 Å². The molecule has 1 aromatic heterocycles. The molecule has 0 fully saturated rings. The fourth-order valence-electron chi connectivity index (χ4n) is 2.20. The van der Waals surface area contributed by atoms with Gasteiger partial charge in [-0.25, -0.2) is 9.78 Å². The molecule has 21 heavy (non-hydrogen) atoms. The fraction of sp³-hybridized carbons (Fsp3) is 0.267. The number of aromatic nitrogens is 2. The first-order chi connectivity index (χ1) is 10.0. The summed E-state index contributed by atoms with van der Waals surface area (Å²) in [5.74, 6) is -0.692. The number of benzene rings is 1. The van der Waals surface area contributed by atoms with E-state index in [1.165, 1.54) is 0 Å². The van der Waals surface area contributed by atoms with Crippen LogP contribution in [0.3, 0.4) is 0 Å². The molecule has 0 aliphatic heterocycles. The summed E-state index contributed by atoms with van der Waals surface area (Å²) < 4.78 is 0. The molecule has 0 spiro atoms. The van der Waals surface area contributed by atoms with Crippen LogP contribution in [0.1, 0.15) is 37.7 Å². The molecular formula is C15H17N3O3. The van der Waals surface area contributed by atoms with E-state index in [1.54, 1.807) is 38.4 Å². The van der Waals surface area contributed by atoms with Crippen LogP contribution in [0.25, 0.3) is 0 Å². The Morgan fingerprint density at radius 1 is 1.24 bits per heavy atom. The highest BCUT2D eigenvalue weighted by molar-refractivity contribution is 6.06. The van der Waals surface area contributed by atoms with Crippen LogP contribution in [0.5, 0.6) is 0 Å². The summed E-state index contributed by atoms with van der Waals surface area (Å²) in [5, 5.41) is 12.0. The fourth-order valence-corrected chi connectivity index (χ4v) is 2.20. The van der Waals surface area contributed by atoms with Crippen molar-refractivity contribution in [3.05, 3.63) is 52.6 Å². The summed E-state index contributed by atoms with van der Waals surface area (Å²) in [7, 11) is 0. The molecule has 1 aromatic carbocycles. The van der Waals surface area contributed by atoms with E-state index in [2.05, 4.69) is 15.3 Å². The van der Waals surface area contributed by atoms with Gasteiger partial charge in [-0.2, -0.15) is 0 Å². The molecule has 0 saturated heterocycles. The number of amides is 1. The van der Waals surface area contributed by atoms with Crippen LogP contribution in [0.2, 0.25) is 0 Å². The van der Waals surface area contributed by atoms with Crippen molar-refractivity contribution in [1.82, 2.24) is 15.3 Å². The molecule has 0 aliphatic rings. The van der Waals surface area contributed by atoms with Crippen LogP contribution in [0.4, 0.5) is 0 Å². The maximum atomic E-state index is 12.3. The van der Waals surface area contributed by atoms with E-state index < -0.39 is 5.97 Å². The first-order valence-corrected chi connectivity index (χ1v) is 6.60. The van der Waals surface area contributed by atoms with E-state index in [1.807, 2.05) is 0 Å². The highest BCUT2D eigenvalue weighted by atomic mass is 16.4. The lowest BCUT2D eigenvalue weighted by atomic mass is 9.96. The third kappa shape index (κ3) is 3.28. The Morgan fingerprint density at radius 2 is 1.90 bits per heavy atom. The molecule has 2 rings (SSSR count). The van der Waals surface area contributed by atoms with Gasteiger partial charge in [-0.1, -0.05) is 12.1 Å². The molecule has 2 aromatic rings. The molecule has 3 N–H and O–H groups in total. The maximum absolute atomic E-state index is 12.3. The van der Waals surface area contributed by atoms with Gasteiger partial charge in [0, 0.05) is 25.4 Å². The summed E-state index contributed by atoms with van der Waals surface area (Å²) in [6, 6.07) is 3.46. The average Bonchev–Trinajstić information content (AvgIpc) is 2.93. The number of carboxylic acids is 1. The number of hydrogen-bond donors (Lipinski definition) is 3. The van der Waals surface area contributed by atoms with E-state index in [0.717, 1.165) is 5.82 Å². The van der Waals surface area contributed by atoms with E-state index in [0.29, 0.717) is 24.1 Å². The zero-order chi connectivity index (χ0) is 15.4. The lowest BCUT2D eigenvalue weighted by Gasteiger charge is -2.12. The highest BCUT2D eigenvalue weighted by Crippen LogP contribution is 2.18. The Balaban J connectivity index is 2.15. The third-order valence-corrected chi connectivity index (χ3v) is 3.27. The van der Waals surface area contributed by atoms with Crippen molar-refractivity contribution in [1.29, 1.82) is 0 Å². The van der Waals surface area contributed by atoms with Gasteiger partial charge in [-0.3, -0.25) is 4.79 Å². The van der Waals surface area contributed by atoms with Crippen LogP contribution in [-0.4, -0.2) is 33.5 Å². The summed E-state index contributed by atoms with van der Waals surface area (Å²) >= 11 is 0. The Bertz CT molecular complexity index is 663. The predicted octanol–water partition coefficient (Wildman–Crippen LogP) is 1.70. The Morgan fingerprint density at radius 3 is 2.48 bits per heavy atom. The second-order valence-electron chi connectivity index (χ2n) is 4.80. The summed E-state index contributed by atoms with van der Waals surface area (Å²) in [4.78, 5) is 30.6. The van der Waals surface area contributed by atoms with Crippen molar-refractivity contribution < 1.29 is 14.7 Å². The van der Waals surface area contributed by atoms with Crippen LogP contribution < -0.4 is 5.32 Å². The van der Waals surface area contributed by atoms with Gasteiger partial charge in [-0.15, -0.1) is 0 Å². The Kier molecular flexibility index (Phi) is 4.37. The summed E-state index contributed by atoms with van der Waals surface area (Å²) in [6.45, 7) is 3.80. The number of imidazole rings is 1. The monoisotopic (exact) mass is 287 g/mol. The normalized spacial score (nSPS) is 10.4. The van der Waals surface area contributed by atoms with Crippen molar-refractivity contribution in [3.63, 3.8) is 0 Å². The standard InChI is InChI=1S/C15H17N3O3/c1-9-3-4-10(2)13(15(20)21)12(9)14(19)18-6-5-11-16-7-8-17-11/h3-4,7-8H,5-6H2,1-2H3,(H,16,17)(H,18,19)(H,20,21). The highest BCUT2D eigenvalue weighted by Gasteiger charge is 2.20. The van der Waals surface area contributed by atoms with Crippen LogP contribution in [-0.2, 0) is 6.42 Å². The largest absolute Gasteiger partial charge is 0.478 e. The molecule has 0 atom stereocenters. The number of carbonyl (C=O) groups excluding carboxylic acids is 1. The maximum Gasteiger partial charge on any atom is 0.336 e. The average molecular weight is 287 g/mol. The zero-order valence-corrected chi connectivity index (χ0v) is 11.9. The minimum Gasteiger partial charge on any atom is -0.478 e. The van der Waals surface area contributed by atoms with E-state index in [9.17, 15) is 14.7 Å². The minimum atomic E-state index is -1.09. The number of carboxylic acid groups (broad SMARTS) is 1. The Hall–Kier alpha value is -2.63. The van der Waals surface area contributed by atoms with Gasteiger partial charge in [0.15, 0.2) is 0 Å². The molecule has 0 aliphatic carbocycles. The SMILES string of the molecule is Cc1ccc(C)c(C(=O)NCCc2ncc[nH]2)c1C(=O)O. The lowest BCUT2D eigenvalue weighted by Crippen LogP contribution is -2.28. The van der Waals surface area contributed by atoms with Crippen molar-refractivity contribution in [2.75, 3.05) is 6.54 Å². The molecule has 0 unspecified atom stereocenters. The second kappa shape index (κ2) is 6.21. The number of aryl methyl sites for hydroxylation is 2. The van der Waals surface area contributed by atoms with Gasteiger partial charge in [-0.05, 0) is 25.0 Å². The molecule has 110 valence electrons. The number of hydrogen-bond acceptors (Lipinski definition) is 3. The topological polar surface area (TPSA) is 95.1 Å². The van der Waals surface area contributed by atoms with Gasteiger partial charge in [0.1, 0.15) is 5.82 Å². The molecule has 6 heteroatoms. The first-order valence-electron chi connectivity index (χ1n) is 6.60. The summed E-state index contributed by atoms with van der Waals surface area (Å²) in [6.07, 6.45) is 3.92. The quantitative estimate of drug-likeness (QED) is 0.780. The predicted molar refractivity (Wildman–Crippen MR) is 77.5 cm³/mol. The van der Waals surface area contributed by atoms with Crippen molar-refractivity contribution >= 4 is 11.9 Å². The van der Waals surface area contributed by atoms with Crippen LogP contribution in [0, 0.1) is 13.8 Å². The van der Waals surface area contributed by atoms with Crippen molar-refractivity contribution in [3.8, 4) is 0 Å². The number of H-pyrrole nitrogens is 1. The van der Waals surface area contributed by atoms with Crippen molar-refractivity contribution in [2.45, 2.75) is 20.3 Å². The lowest BCUT2D eigenvalue weighted by molar-refractivity contribution is 0.0690. The number of carbonyl (C=O) groups is 2. The molecule has 1 amide bonds. The van der Waals surface area contributed by atoms with Gasteiger partial charge >= 0.3 is 5.97 Å². The van der Waals surface area contributed by atoms with Gasteiger partial charge in [0.25, 0.3) is 5.91 Å². The van der Waals surface area contributed by atoms with Gasteiger partial charge in [0.2, 0.25) is 0 Å². The number of nitrogens with zero attached hydrogens (tertiary/aromatic N) is 1. The van der Waals surface area contributed by atoms with Gasteiger partial charge < -0.3 is 15.4 Å². The number of nitrogens with one attached hydrogen (secondary N) is 2. The zero-order valence-electron chi connectivity index (χ0n) is 11.9. The molecule has 0 radical (unpaired) electrons.